The van der Waals surface area contributed by atoms with E-state index in [1.807, 2.05) is 25.7 Å². The van der Waals surface area contributed by atoms with E-state index in [1.54, 1.807) is 4.90 Å². The molecule has 0 aliphatic carbocycles. The number of rotatable bonds is 1. The first kappa shape index (κ1) is 16.4. The van der Waals surface area contributed by atoms with Gasteiger partial charge in [-0.05, 0) is 40.0 Å². The smallest absolute Gasteiger partial charge is 0.410 e. The van der Waals surface area contributed by atoms with E-state index in [2.05, 4.69) is 0 Å². The molecule has 2 heterocycles. The highest BCUT2D eigenvalue weighted by Gasteiger charge is 2.36. The van der Waals surface area contributed by atoms with Crippen molar-refractivity contribution in [3.63, 3.8) is 0 Å². The second kappa shape index (κ2) is 6.42. The van der Waals surface area contributed by atoms with E-state index in [0.717, 1.165) is 19.3 Å². The van der Waals surface area contributed by atoms with Crippen molar-refractivity contribution in [3.8, 4) is 0 Å². The normalized spacial score (nSPS) is 27.7. The molecule has 2 unspecified atom stereocenters. The Kier molecular flexibility index (Phi) is 5.02. The molecule has 2 aliphatic rings. The molecule has 0 radical (unpaired) electrons. The van der Waals surface area contributed by atoms with Crippen LogP contribution in [0.5, 0.6) is 0 Å². The zero-order valence-electron chi connectivity index (χ0n) is 13.1. The SMILES string of the molecule is CC(C)(C)OC(=O)N1CCCCC(N2CC(Cl)CC2=O)C1. The van der Waals surface area contributed by atoms with Gasteiger partial charge in [0, 0.05) is 32.1 Å². The number of ether oxygens (including phenoxy) is 1. The molecule has 120 valence electrons. The van der Waals surface area contributed by atoms with Crippen LogP contribution in [0.15, 0.2) is 0 Å². The predicted molar refractivity (Wildman–Crippen MR) is 81.4 cm³/mol. The molecule has 0 aromatic heterocycles. The number of nitrogens with zero attached hydrogens (tertiary/aromatic N) is 2. The fourth-order valence-corrected chi connectivity index (χ4v) is 3.19. The molecule has 2 rings (SSSR count). The van der Waals surface area contributed by atoms with Crippen molar-refractivity contribution < 1.29 is 14.3 Å². The quantitative estimate of drug-likeness (QED) is 0.699. The Hall–Kier alpha value is -0.970. The molecular formula is C15H25ClN2O3. The van der Waals surface area contributed by atoms with Gasteiger partial charge in [-0.1, -0.05) is 0 Å². The molecular weight excluding hydrogens is 292 g/mol. The maximum Gasteiger partial charge on any atom is 0.410 e. The van der Waals surface area contributed by atoms with Gasteiger partial charge in [0.25, 0.3) is 0 Å². The third-order valence-electron chi connectivity index (χ3n) is 3.85. The van der Waals surface area contributed by atoms with Gasteiger partial charge < -0.3 is 14.5 Å². The molecule has 5 nitrogen and oxygen atoms in total. The maximum absolute atomic E-state index is 12.2. The largest absolute Gasteiger partial charge is 0.444 e. The first-order valence-electron chi connectivity index (χ1n) is 7.68. The standard InChI is InChI=1S/C15H25ClN2O3/c1-15(2,3)21-14(20)17-7-5-4-6-12(10-17)18-9-11(16)8-13(18)19/h11-12H,4-10H2,1-3H3. The van der Waals surface area contributed by atoms with E-state index in [-0.39, 0.29) is 23.4 Å². The predicted octanol–water partition coefficient (Wildman–Crippen LogP) is 2.62. The average Bonchev–Trinajstić information content (AvgIpc) is 2.58. The van der Waals surface area contributed by atoms with Crippen LogP contribution in [0.25, 0.3) is 0 Å². The van der Waals surface area contributed by atoms with Crippen LogP contribution in [0.4, 0.5) is 4.79 Å². The molecule has 0 saturated carbocycles. The number of carbonyl (C=O) groups is 2. The van der Waals surface area contributed by atoms with Crippen molar-refractivity contribution in [2.45, 2.75) is 63.5 Å². The minimum atomic E-state index is -0.496. The van der Waals surface area contributed by atoms with Crippen LogP contribution in [-0.2, 0) is 9.53 Å². The minimum absolute atomic E-state index is 0.0660. The molecule has 0 N–H and O–H groups in total. The lowest BCUT2D eigenvalue weighted by Crippen LogP contribution is -2.46. The molecule has 0 aromatic rings. The molecule has 2 aliphatic heterocycles. The highest BCUT2D eigenvalue weighted by Crippen LogP contribution is 2.24. The van der Waals surface area contributed by atoms with Crippen molar-refractivity contribution >= 4 is 23.6 Å². The third-order valence-corrected chi connectivity index (χ3v) is 4.14. The molecule has 21 heavy (non-hydrogen) atoms. The van der Waals surface area contributed by atoms with Crippen LogP contribution in [0, 0.1) is 0 Å². The summed E-state index contributed by atoms with van der Waals surface area (Å²) >= 11 is 6.08. The fourth-order valence-electron chi connectivity index (χ4n) is 2.91. The minimum Gasteiger partial charge on any atom is -0.444 e. The van der Waals surface area contributed by atoms with Gasteiger partial charge in [0.2, 0.25) is 5.91 Å². The van der Waals surface area contributed by atoms with Crippen molar-refractivity contribution in [3.05, 3.63) is 0 Å². The molecule has 2 amide bonds. The van der Waals surface area contributed by atoms with E-state index in [1.165, 1.54) is 0 Å². The molecule has 0 aromatic carbocycles. The summed E-state index contributed by atoms with van der Waals surface area (Å²) in [4.78, 5) is 27.8. The van der Waals surface area contributed by atoms with Crippen molar-refractivity contribution in [2.24, 2.45) is 0 Å². The number of hydrogen-bond acceptors (Lipinski definition) is 3. The summed E-state index contributed by atoms with van der Waals surface area (Å²) in [5.41, 5.74) is -0.496. The van der Waals surface area contributed by atoms with E-state index in [4.69, 9.17) is 16.3 Å². The van der Waals surface area contributed by atoms with Crippen LogP contribution in [-0.4, -0.2) is 58.5 Å². The molecule has 2 saturated heterocycles. The molecule has 2 fully saturated rings. The number of likely N-dealkylation sites (tertiary alicyclic amines) is 2. The second-order valence-corrected chi connectivity index (χ2v) is 7.54. The second-order valence-electron chi connectivity index (χ2n) is 6.92. The monoisotopic (exact) mass is 316 g/mol. The lowest BCUT2D eigenvalue weighted by Gasteiger charge is -2.32. The summed E-state index contributed by atoms with van der Waals surface area (Å²) in [6, 6.07) is 0.0660. The topological polar surface area (TPSA) is 49.9 Å². The molecule has 6 heteroatoms. The first-order chi connectivity index (χ1) is 9.76. The summed E-state index contributed by atoms with van der Waals surface area (Å²) in [5, 5.41) is -0.101. The van der Waals surface area contributed by atoms with Gasteiger partial charge in [-0.3, -0.25) is 4.79 Å². The maximum atomic E-state index is 12.2. The van der Waals surface area contributed by atoms with Crippen molar-refractivity contribution in [2.75, 3.05) is 19.6 Å². The van der Waals surface area contributed by atoms with Crippen LogP contribution in [0.1, 0.15) is 46.5 Å². The van der Waals surface area contributed by atoms with Crippen molar-refractivity contribution in [1.29, 1.82) is 0 Å². The van der Waals surface area contributed by atoms with Gasteiger partial charge in [-0.15, -0.1) is 11.6 Å². The Morgan fingerprint density at radius 2 is 2.00 bits per heavy atom. The first-order valence-corrected chi connectivity index (χ1v) is 8.11. The summed E-state index contributed by atoms with van der Waals surface area (Å²) < 4.78 is 5.45. The number of amides is 2. The Morgan fingerprint density at radius 1 is 1.29 bits per heavy atom. The van der Waals surface area contributed by atoms with Gasteiger partial charge in [-0.25, -0.2) is 4.79 Å². The highest BCUT2D eigenvalue weighted by molar-refractivity contribution is 6.22. The lowest BCUT2D eigenvalue weighted by molar-refractivity contribution is -0.130. The highest BCUT2D eigenvalue weighted by atomic mass is 35.5. The van der Waals surface area contributed by atoms with Gasteiger partial charge in [-0.2, -0.15) is 0 Å². The van der Waals surface area contributed by atoms with E-state index < -0.39 is 5.60 Å². The van der Waals surface area contributed by atoms with Crippen LogP contribution < -0.4 is 0 Å². The summed E-state index contributed by atoms with van der Waals surface area (Å²) in [6.07, 6.45) is 3.01. The average molecular weight is 317 g/mol. The molecule has 2 atom stereocenters. The summed E-state index contributed by atoms with van der Waals surface area (Å²) in [5.74, 6) is 0.103. The van der Waals surface area contributed by atoms with Crippen LogP contribution in [0.2, 0.25) is 0 Å². The van der Waals surface area contributed by atoms with Crippen LogP contribution >= 0.6 is 11.6 Å². The Balaban J connectivity index is 2.01. The van der Waals surface area contributed by atoms with Gasteiger partial charge in [0.05, 0.1) is 5.38 Å². The zero-order valence-corrected chi connectivity index (χ0v) is 13.9. The number of carbonyl (C=O) groups excluding carboxylic acids is 2. The van der Waals surface area contributed by atoms with Gasteiger partial charge >= 0.3 is 6.09 Å². The lowest BCUT2D eigenvalue weighted by atomic mass is 10.1. The fraction of sp³-hybridized carbons (Fsp3) is 0.867. The van der Waals surface area contributed by atoms with Gasteiger partial charge in [0.1, 0.15) is 5.60 Å². The van der Waals surface area contributed by atoms with Crippen molar-refractivity contribution in [1.82, 2.24) is 9.80 Å². The molecule has 0 bridgehead atoms. The summed E-state index contributed by atoms with van der Waals surface area (Å²) in [6.45, 7) is 7.42. The number of hydrogen-bond donors (Lipinski definition) is 0. The van der Waals surface area contributed by atoms with Gasteiger partial charge in [0.15, 0.2) is 0 Å². The third kappa shape index (κ3) is 4.50. The van der Waals surface area contributed by atoms with E-state index in [0.29, 0.717) is 26.1 Å². The Morgan fingerprint density at radius 3 is 2.57 bits per heavy atom. The summed E-state index contributed by atoms with van der Waals surface area (Å²) in [7, 11) is 0. The van der Waals surface area contributed by atoms with E-state index >= 15 is 0 Å². The van der Waals surface area contributed by atoms with Crippen LogP contribution in [0.3, 0.4) is 0 Å². The Labute approximate surface area is 131 Å². The zero-order chi connectivity index (χ0) is 15.6. The Bertz CT molecular complexity index is 408. The molecule has 0 spiro atoms. The number of alkyl halides is 1. The number of halogens is 1. The van der Waals surface area contributed by atoms with E-state index in [9.17, 15) is 9.59 Å².